The van der Waals surface area contributed by atoms with Gasteiger partial charge in [0.2, 0.25) is 5.91 Å². The van der Waals surface area contributed by atoms with Gasteiger partial charge in [-0.1, -0.05) is 11.6 Å². The van der Waals surface area contributed by atoms with E-state index in [1.165, 1.54) is 6.92 Å². The number of hydrogen-bond donors (Lipinski definition) is 3. The van der Waals surface area contributed by atoms with Crippen LogP contribution < -0.4 is 16.0 Å². The van der Waals surface area contributed by atoms with E-state index in [1.807, 2.05) is 26.8 Å². The zero-order chi connectivity index (χ0) is 17.5. The topological polar surface area (TPSA) is 79.5 Å². The molecule has 1 aromatic carbocycles. The molecule has 0 fully saturated rings. The Morgan fingerprint density at radius 1 is 1.22 bits per heavy atom. The average molecular weight is 342 g/mol. The van der Waals surface area contributed by atoms with Crippen molar-refractivity contribution in [1.82, 2.24) is 5.32 Å². The highest BCUT2D eigenvalue weighted by Gasteiger charge is 2.15. The molecule has 0 aromatic heterocycles. The van der Waals surface area contributed by atoms with Gasteiger partial charge >= 0.3 is 6.09 Å². The molecule has 3 N–H and O–H groups in total. The van der Waals surface area contributed by atoms with Crippen molar-refractivity contribution in [2.75, 3.05) is 23.7 Å². The Morgan fingerprint density at radius 3 is 2.48 bits per heavy atom. The number of amides is 2. The van der Waals surface area contributed by atoms with Crippen LogP contribution in [0.25, 0.3) is 0 Å². The van der Waals surface area contributed by atoms with E-state index < -0.39 is 11.7 Å². The highest BCUT2D eigenvalue weighted by Crippen LogP contribution is 2.25. The first kappa shape index (κ1) is 19.1. The quantitative estimate of drug-likeness (QED) is 0.690. The SMILES string of the molecule is CC(=O)Nc1ccc(NCCCNC(=O)OC(C)(C)C)cc1Cl. The van der Waals surface area contributed by atoms with Crippen molar-refractivity contribution in [2.45, 2.75) is 39.7 Å². The summed E-state index contributed by atoms with van der Waals surface area (Å²) in [5.74, 6) is -0.166. The number of carbonyl (C=O) groups excluding carboxylic acids is 2. The number of hydrogen-bond acceptors (Lipinski definition) is 4. The Hall–Kier alpha value is -1.95. The molecule has 0 saturated heterocycles. The number of alkyl carbamates (subject to hydrolysis) is 1. The molecule has 128 valence electrons. The van der Waals surface area contributed by atoms with Gasteiger partial charge in [0.05, 0.1) is 10.7 Å². The lowest BCUT2D eigenvalue weighted by Crippen LogP contribution is -2.33. The summed E-state index contributed by atoms with van der Waals surface area (Å²) in [6.45, 7) is 8.08. The van der Waals surface area contributed by atoms with Gasteiger partial charge in [-0.3, -0.25) is 4.79 Å². The standard InChI is InChI=1S/C16H24ClN3O3/c1-11(21)20-14-7-6-12(10-13(14)17)18-8-5-9-19-15(22)23-16(2,3)4/h6-7,10,18H,5,8-9H2,1-4H3,(H,19,22)(H,20,21). The van der Waals surface area contributed by atoms with Crippen LogP contribution in [0.4, 0.5) is 16.2 Å². The number of halogens is 1. The molecule has 0 atom stereocenters. The number of benzene rings is 1. The van der Waals surface area contributed by atoms with Crippen LogP contribution in [0, 0.1) is 0 Å². The molecule has 0 aliphatic rings. The lowest BCUT2D eigenvalue weighted by molar-refractivity contribution is -0.114. The Bertz CT molecular complexity index is 556. The van der Waals surface area contributed by atoms with Crippen LogP contribution in [0.2, 0.25) is 5.02 Å². The molecule has 0 heterocycles. The first-order valence-electron chi connectivity index (χ1n) is 7.45. The Morgan fingerprint density at radius 2 is 1.91 bits per heavy atom. The molecule has 6 nitrogen and oxygen atoms in total. The lowest BCUT2D eigenvalue weighted by Gasteiger charge is -2.19. The molecule has 2 amide bonds. The summed E-state index contributed by atoms with van der Waals surface area (Å²) in [5.41, 5.74) is 0.937. The molecule has 0 aliphatic carbocycles. The van der Waals surface area contributed by atoms with Gasteiger partial charge in [-0.2, -0.15) is 0 Å². The minimum Gasteiger partial charge on any atom is -0.444 e. The molecule has 1 rings (SSSR count). The smallest absolute Gasteiger partial charge is 0.407 e. The molecule has 0 unspecified atom stereocenters. The van der Waals surface area contributed by atoms with Crippen molar-refractivity contribution in [3.05, 3.63) is 23.2 Å². The van der Waals surface area contributed by atoms with E-state index in [9.17, 15) is 9.59 Å². The fraction of sp³-hybridized carbons (Fsp3) is 0.500. The Kier molecular flexibility index (Phi) is 7.16. The monoisotopic (exact) mass is 341 g/mol. The van der Waals surface area contributed by atoms with Crippen LogP contribution in [0.15, 0.2) is 18.2 Å². The van der Waals surface area contributed by atoms with E-state index in [4.69, 9.17) is 16.3 Å². The van der Waals surface area contributed by atoms with Gasteiger partial charge in [-0.05, 0) is 45.4 Å². The fourth-order valence-corrected chi connectivity index (χ4v) is 1.97. The third-order valence-corrected chi connectivity index (χ3v) is 2.94. The molecule has 0 aliphatic heterocycles. The molecule has 1 aromatic rings. The normalized spacial score (nSPS) is 10.8. The summed E-state index contributed by atoms with van der Waals surface area (Å²) >= 11 is 6.09. The highest BCUT2D eigenvalue weighted by molar-refractivity contribution is 6.34. The van der Waals surface area contributed by atoms with Gasteiger partial charge < -0.3 is 20.7 Å². The van der Waals surface area contributed by atoms with Crippen LogP contribution in [0.3, 0.4) is 0 Å². The van der Waals surface area contributed by atoms with Crippen molar-refractivity contribution in [1.29, 1.82) is 0 Å². The minimum atomic E-state index is -0.491. The van der Waals surface area contributed by atoms with Crippen molar-refractivity contribution < 1.29 is 14.3 Å². The molecule has 0 bridgehead atoms. The van der Waals surface area contributed by atoms with E-state index in [0.717, 1.165) is 12.1 Å². The number of anilines is 2. The van der Waals surface area contributed by atoms with E-state index in [0.29, 0.717) is 23.8 Å². The number of carbonyl (C=O) groups is 2. The average Bonchev–Trinajstić information content (AvgIpc) is 2.39. The van der Waals surface area contributed by atoms with Gasteiger partial charge in [0.15, 0.2) is 0 Å². The zero-order valence-corrected chi connectivity index (χ0v) is 14.7. The third kappa shape index (κ3) is 8.30. The van der Waals surface area contributed by atoms with Crippen molar-refractivity contribution >= 4 is 35.0 Å². The van der Waals surface area contributed by atoms with Crippen LogP contribution >= 0.6 is 11.6 Å². The van der Waals surface area contributed by atoms with Crippen LogP contribution in [-0.4, -0.2) is 30.7 Å². The maximum Gasteiger partial charge on any atom is 0.407 e. The third-order valence-electron chi connectivity index (χ3n) is 2.63. The summed E-state index contributed by atoms with van der Waals surface area (Å²) < 4.78 is 5.14. The minimum absolute atomic E-state index is 0.166. The summed E-state index contributed by atoms with van der Waals surface area (Å²) in [7, 11) is 0. The predicted molar refractivity (Wildman–Crippen MR) is 93.1 cm³/mol. The van der Waals surface area contributed by atoms with Crippen LogP contribution in [0.1, 0.15) is 34.1 Å². The number of rotatable bonds is 6. The summed E-state index contributed by atoms with van der Waals surface area (Å²) in [5, 5.41) is 9.01. The zero-order valence-electron chi connectivity index (χ0n) is 14.0. The summed E-state index contributed by atoms with van der Waals surface area (Å²) in [4.78, 5) is 22.5. The van der Waals surface area contributed by atoms with E-state index in [2.05, 4.69) is 16.0 Å². The maximum atomic E-state index is 11.5. The molecule has 7 heteroatoms. The molecule has 0 saturated carbocycles. The fourth-order valence-electron chi connectivity index (χ4n) is 1.74. The van der Waals surface area contributed by atoms with Crippen LogP contribution in [0.5, 0.6) is 0 Å². The maximum absolute atomic E-state index is 11.5. The molecule has 0 radical (unpaired) electrons. The second-order valence-electron chi connectivity index (χ2n) is 6.08. The van der Waals surface area contributed by atoms with Gasteiger partial charge in [-0.25, -0.2) is 4.79 Å². The van der Waals surface area contributed by atoms with E-state index in [-0.39, 0.29) is 5.91 Å². The molecule has 0 spiro atoms. The van der Waals surface area contributed by atoms with Gasteiger partial charge in [0.25, 0.3) is 0 Å². The predicted octanol–water partition coefficient (Wildman–Crippen LogP) is 3.63. The highest BCUT2D eigenvalue weighted by atomic mass is 35.5. The summed E-state index contributed by atoms with van der Waals surface area (Å²) in [6.07, 6.45) is 0.324. The van der Waals surface area contributed by atoms with E-state index in [1.54, 1.807) is 12.1 Å². The molecule has 23 heavy (non-hydrogen) atoms. The van der Waals surface area contributed by atoms with Gasteiger partial charge in [-0.15, -0.1) is 0 Å². The molecular weight excluding hydrogens is 318 g/mol. The molecular formula is C16H24ClN3O3. The summed E-state index contributed by atoms with van der Waals surface area (Å²) in [6, 6.07) is 5.32. The number of ether oxygens (including phenoxy) is 1. The largest absolute Gasteiger partial charge is 0.444 e. The van der Waals surface area contributed by atoms with Crippen molar-refractivity contribution in [3.8, 4) is 0 Å². The van der Waals surface area contributed by atoms with Gasteiger partial charge in [0.1, 0.15) is 5.60 Å². The van der Waals surface area contributed by atoms with Gasteiger partial charge in [0, 0.05) is 25.7 Å². The number of nitrogens with one attached hydrogen (secondary N) is 3. The lowest BCUT2D eigenvalue weighted by atomic mass is 10.2. The Labute approximate surface area is 141 Å². The second kappa shape index (κ2) is 8.62. The van der Waals surface area contributed by atoms with E-state index >= 15 is 0 Å². The van der Waals surface area contributed by atoms with Crippen molar-refractivity contribution in [3.63, 3.8) is 0 Å². The Balaban J connectivity index is 2.30. The van der Waals surface area contributed by atoms with Crippen LogP contribution in [-0.2, 0) is 9.53 Å². The second-order valence-corrected chi connectivity index (χ2v) is 6.49. The first-order valence-corrected chi connectivity index (χ1v) is 7.83. The van der Waals surface area contributed by atoms with Crippen molar-refractivity contribution in [2.24, 2.45) is 0 Å². The first-order chi connectivity index (χ1) is 10.7.